The molecule has 0 bridgehead atoms. The van der Waals surface area contributed by atoms with E-state index >= 15 is 0 Å². The number of oxazole rings is 1. The molecule has 5 nitrogen and oxygen atoms in total. The molecule has 0 aliphatic heterocycles. The van der Waals surface area contributed by atoms with E-state index in [1.165, 1.54) is 22.3 Å². The van der Waals surface area contributed by atoms with E-state index in [9.17, 15) is 0 Å². The van der Waals surface area contributed by atoms with Crippen LogP contribution < -0.4 is 10.6 Å². The SMILES string of the molecule is CCNC(=NCc1nc(C)c(C)o1)NCCc1c(C)cc(C)cc1C. The van der Waals surface area contributed by atoms with E-state index in [1.807, 2.05) is 13.8 Å². The third-order valence-corrected chi connectivity index (χ3v) is 4.30. The monoisotopic (exact) mass is 342 g/mol. The zero-order chi connectivity index (χ0) is 18.4. The van der Waals surface area contributed by atoms with Crippen molar-refractivity contribution in [2.45, 2.75) is 54.5 Å². The van der Waals surface area contributed by atoms with Gasteiger partial charge in [-0.25, -0.2) is 9.98 Å². The molecule has 0 saturated heterocycles. The number of hydrogen-bond donors (Lipinski definition) is 2. The lowest BCUT2D eigenvalue weighted by atomic mass is 9.97. The number of guanidine groups is 1. The summed E-state index contributed by atoms with van der Waals surface area (Å²) in [4.78, 5) is 8.94. The number of nitrogens with zero attached hydrogens (tertiary/aromatic N) is 2. The second-order valence-corrected chi connectivity index (χ2v) is 6.50. The highest BCUT2D eigenvalue weighted by atomic mass is 16.4. The second kappa shape index (κ2) is 8.70. The molecule has 0 saturated carbocycles. The fourth-order valence-electron chi connectivity index (χ4n) is 3.01. The van der Waals surface area contributed by atoms with Crippen LogP contribution in [-0.4, -0.2) is 24.0 Å². The average Bonchev–Trinajstić information content (AvgIpc) is 2.85. The molecule has 0 aliphatic rings. The fourth-order valence-corrected chi connectivity index (χ4v) is 3.01. The van der Waals surface area contributed by atoms with Gasteiger partial charge >= 0.3 is 0 Å². The van der Waals surface area contributed by atoms with Gasteiger partial charge < -0.3 is 15.1 Å². The molecule has 5 heteroatoms. The lowest BCUT2D eigenvalue weighted by Crippen LogP contribution is -2.38. The number of hydrogen-bond acceptors (Lipinski definition) is 3. The van der Waals surface area contributed by atoms with Gasteiger partial charge in [0.25, 0.3) is 0 Å². The lowest BCUT2D eigenvalue weighted by molar-refractivity contribution is 0.473. The molecule has 136 valence electrons. The molecule has 0 fully saturated rings. The summed E-state index contributed by atoms with van der Waals surface area (Å²) in [5.41, 5.74) is 6.36. The number of aryl methyl sites for hydroxylation is 5. The summed E-state index contributed by atoms with van der Waals surface area (Å²) in [6.07, 6.45) is 0.972. The summed E-state index contributed by atoms with van der Waals surface area (Å²) >= 11 is 0. The summed E-state index contributed by atoms with van der Waals surface area (Å²) < 4.78 is 5.59. The van der Waals surface area contributed by atoms with Gasteiger partial charge in [-0.3, -0.25) is 0 Å². The molecule has 1 aromatic heterocycles. The molecular weight excluding hydrogens is 312 g/mol. The molecule has 0 aliphatic carbocycles. The Labute approximate surface area is 151 Å². The molecule has 0 spiro atoms. The minimum Gasteiger partial charge on any atom is -0.444 e. The zero-order valence-corrected chi connectivity index (χ0v) is 16.3. The molecule has 2 rings (SSSR count). The minimum atomic E-state index is 0.437. The van der Waals surface area contributed by atoms with E-state index in [2.05, 4.69) is 60.4 Å². The lowest BCUT2D eigenvalue weighted by Gasteiger charge is -2.14. The first-order chi connectivity index (χ1) is 11.9. The second-order valence-electron chi connectivity index (χ2n) is 6.50. The number of nitrogens with one attached hydrogen (secondary N) is 2. The van der Waals surface area contributed by atoms with Crippen LogP contribution in [0.3, 0.4) is 0 Å². The zero-order valence-electron chi connectivity index (χ0n) is 16.3. The van der Waals surface area contributed by atoms with E-state index in [1.54, 1.807) is 0 Å². The third-order valence-electron chi connectivity index (χ3n) is 4.30. The predicted molar refractivity (Wildman–Crippen MR) is 103 cm³/mol. The van der Waals surface area contributed by atoms with Crippen molar-refractivity contribution < 1.29 is 4.42 Å². The van der Waals surface area contributed by atoms with Gasteiger partial charge in [0.2, 0.25) is 5.89 Å². The summed E-state index contributed by atoms with van der Waals surface area (Å²) in [6, 6.07) is 4.49. The van der Waals surface area contributed by atoms with E-state index in [0.717, 1.165) is 36.9 Å². The van der Waals surface area contributed by atoms with E-state index in [4.69, 9.17) is 4.42 Å². The Kier molecular flexibility index (Phi) is 6.62. The van der Waals surface area contributed by atoms with Crippen LogP contribution in [0.1, 0.15) is 46.5 Å². The Bertz CT molecular complexity index is 704. The Morgan fingerprint density at radius 2 is 1.76 bits per heavy atom. The van der Waals surface area contributed by atoms with Crippen molar-refractivity contribution in [1.82, 2.24) is 15.6 Å². The van der Waals surface area contributed by atoms with E-state index in [0.29, 0.717) is 12.4 Å². The largest absolute Gasteiger partial charge is 0.444 e. The van der Waals surface area contributed by atoms with Gasteiger partial charge in [-0.1, -0.05) is 17.7 Å². The van der Waals surface area contributed by atoms with Crippen LogP contribution in [0.15, 0.2) is 21.5 Å². The topological polar surface area (TPSA) is 62.5 Å². The molecule has 2 N–H and O–H groups in total. The highest BCUT2D eigenvalue weighted by molar-refractivity contribution is 5.79. The van der Waals surface area contributed by atoms with Gasteiger partial charge in [0.15, 0.2) is 5.96 Å². The van der Waals surface area contributed by atoms with Crippen LogP contribution in [0.2, 0.25) is 0 Å². The molecule has 1 aromatic carbocycles. The maximum Gasteiger partial charge on any atom is 0.216 e. The molecule has 1 heterocycles. The Morgan fingerprint density at radius 3 is 2.32 bits per heavy atom. The maximum atomic E-state index is 5.59. The number of benzene rings is 1. The normalized spacial score (nSPS) is 11.7. The van der Waals surface area contributed by atoms with Crippen LogP contribution in [0.4, 0.5) is 0 Å². The van der Waals surface area contributed by atoms with Crippen LogP contribution in [-0.2, 0) is 13.0 Å². The van der Waals surface area contributed by atoms with Crippen molar-refractivity contribution in [2.24, 2.45) is 4.99 Å². The Balaban J connectivity index is 1.96. The number of aromatic nitrogens is 1. The molecule has 25 heavy (non-hydrogen) atoms. The third kappa shape index (κ3) is 5.34. The van der Waals surface area contributed by atoms with Crippen LogP contribution >= 0.6 is 0 Å². The van der Waals surface area contributed by atoms with E-state index in [-0.39, 0.29) is 0 Å². The molecule has 0 radical (unpaired) electrons. The maximum absolute atomic E-state index is 5.59. The van der Waals surface area contributed by atoms with Crippen LogP contribution in [0, 0.1) is 34.6 Å². The van der Waals surface area contributed by atoms with Gasteiger partial charge in [0.05, 0.1) is 5.69 Å². The standard InChI is InChI=1S/C20H30N4O/c1-7-21-20(23-12-19-24-16(5)17(6)25-19)22-9-8-18-14(3)10-13(2)11-15(18)4/h10-11H,7-9,12H2,1-6H3,(H2,21,22,23). The predicted octanol–water partition coefficient (Wildman–Crippen LogP) is 3.51. The van der Waals surface area contributed by atoms with Gasteiger partial charge in [-0.2, -0.15) is 0 Å². The van der Waals surface area contributed by atoms with E-state index < -0.39 is 0 Å². The van der Waals surface area contributed by atoms with Crippen LogP contribution in [0.5, 0.6) is 0 Å². The van der Waals surface area contributed by atoms with Crippen LogP contribution in [0.25, 0.3) is 0 Å². The average molecular weight is 342 g/mol. The van der Waals surface area contributed by atoms with Gasteiger partial charge in [-0.15, -0.1) is 0 Å². The van der Waals surface area contributed by atoms with Crippen molar-refractivity contribution in [3.05, 3.63) is 51.7 Å². The molecule has 0 atom stereocenters. The van der Waals surface area contributed by atoms with Crippen molar-refractivity contribution in [3.8, 4) is 0 Å². The van der Waals surface area contributed by atoms with Crippen molar-refractivity contribution in [1.29, 1.82) is 0 Å². The smallest absolute Gasteiger partial charge is 0.216 e. The summed E-state index contributed by atoms with van der Waals surface area (Å²) in [7, 11) is 0. The van der Waals surface area contributed by atoms with Crippen molar-refractivity contribution in [2.75, 3.05) is 13.1 Å². The summed E-state index contributed by atoms with van der Waals surface area (Å²) in [6.45, 7) is 14.5. The molecule has 0 amide bonds. The Morgan fingerprint density at radius 1 is 1.08 bits per heavy atom. The molecule has 0 unspecified atom stereocenters. The molecule has 2 aromatic rings. The fraction of sp³-hybridized carbons (Fsp3) is 0.500. The van der Waals surface area contributed by atoms with Crippen molar-refractivity contribution in [3.63, 3.8) is 0 Å². The van der Waals surface area contributed by atoms with Crippen molar-refractivity contribution >= 4 is 5.96 Å². The van der Waals surface area contributed by atoms with Gasteiger partial charge in [0, 0.05) is 13.1 Å². The van der Waals surface area contributed by atoms with Gasteiger partial charge in [-0.05, 0) is 64.7 Å². The number of rotatable bonds is 6. The highest BCUT2D eigenvalue weighted by Gasteiger charge is 2.07. The molecular formula is C20H30N4O. The van der Waals surface area contributed by atoms with Gasteiger partial charge in [0.1, 0.15) is 12.3 Å². The first-order valence-electron chi connectivity index (χ1n) is 8.92. The minimum absolute atomic E-state index is 0.437. The highest BCUT2D eigenvalue weighted by Crippen LogP contribution is 2.16. The first-order valence-corrected chi connectivity index (χ1v) is 8.92. The summed E-state index contributed by atoms with van der Waals surface area (Å²) in [5, 5.41) is 6.67. The first kappa shape index (κ1) is 19.0. The summed E-state index contributed by atoms with van der Waals surface area (Å²) in [5.74, 6) is 2.30. The Hall–Kier alpha value is -2.30. The quantitative estimate of drug-likeness (QED) is 0.623. The number of aliphatic imine (C=N–C) groups is 1.